The van der Waals surface area contributed by atoms with E-state index in [9.17, 15) is 32.0 Å². The molecule has 0 unspecified atom stereocenters. The van der Waals surface area contributed by atoms with Gasteiger partial charge in [-0.2, -0.15) is 0 Å². The van der Waals surface area contributed by atoms with E-state index in [-0.39, 0.29) is 42.9 Å². The Hall–Kier alpha value is -4.47. The van der Waals surface area contributed by atoms with E-state index in [1.54, 1.807) is 26.8 Å². The molecule has 14 nitrogen and oxygen atoms in total. The maximum atomic E-state index is 14.9. The van der Waals surface area contributed by atoms with Crippen LogP contribution in [0.15, 0.2) is 36.5 Å². The van der Waals surface area contributed by atoms with E-state index >= 15 is 0 Å². The van der Waals surface area contributed by atoms with Crippen molar-refractivity contribution < 1.29 is 46.2 Å². The standard InChI is InChI=1S/C39H52FN5O9S/c1-7-23-16-22(2)10-8-9-11-25-20-39(25,36(48)44-55(50,51)27-12-13-27)43-33(46)30-18-26(21-45(30)35(47)32(23)42-37(49)54-38(3,4)5)53-34-28-19-29(40)31(52-6)17-24(28)14-15-41-34/h9,11,14-15,17,19,22-23,25-27,30,32H,7-8,10,12-13,16,18,20-21H2,1-6H3,(H,42,49)(H,43,46)(H,44,48)/b11-9-/t22-,23+,25+,26+,30-,32-,39+/m0/s1. The van der Waals surface area contributed by atoms with Crippen molar-refractivity contribution in [1.29, 1.82) is 0 Å². The molecule has 3 N–H and O–H groups in total. The van der Waals surface area contributed by atoms with Crippen molar-refractivity contribution in [2.75, 3.05) is 13.7 Å². The van der Waals surface area contributed by atoms with E-state index in [4.69, 9.17) is 14.2 Å². The third kappa shape index (κ3) is 9.00. The molecular weight excluding hydrogens is 734 g/mol. The first-order valence-electron chi connectivity index (χ1n) is 19.1. The third-order valence-electron chi connectivity index (χ3n) is 10.9. The average Bonchev–Trinajstić information content (AvgIpc) is 4.04. The minimum absolute atomic E-state index is 0.0399. The number of ether oxygens (including phenoxy) is 3. The number of aromatic nitrogens is 1. The first-order chi connectivity index (χ1) is 25.9. The molecular formula is C39H52FN5O9S. The Kier molecular flexibility index (Phi) is 11.4. The minimum Gasteiger partial charge on any atom is -0.494 e. The molecule has 2 saturated carbocycles. The van der Waals surface area contributed by atoms with Crippen LogP contribution in [0.5, 0.6) is 11.6 Å². The van der Waals surface area contributed by atoms with Gasteiger partial charge >= 0.3 is 6.09 Å². The number of amides is 4. The van der Waals surface area contributed by atoms with Crippen molar-refractivity contribution in [3.05, 3.63) is 42.4 Å². The Balaban J connectivity index is 1.37. The molecule has 1 saturated heterocycles. The highest BCUT2D eigenvalue weighted by Gasteiger charge is 2.62. The molecule has 4 amide bonds. The maximum Gasteiger partial charge on any atom is 0.408 e. The average molecular weight is 786 g/mol. The highest BCUT2D eigenvalue weighted by Crippen LogP contribution is 2.46. The molecule has 2 aromatic rings. The van der Waals surface area contributed by atoms with Gasteiger partial charge in [-0.25, -0.2) is 22.6 Å². The number of benzene rings is 1. The molecule has 3 fully saturated rings. The van der Waals surface area contributed by atoms with Gasteiger partial charge in [0.05, 0.1) is 18.9 Å². The summed E-state index contributed by atoms with van der Waals surface area (Å²) >= 11 is 0. The summed E-state index contributed by atoms with van der Waals surface area (Å²) in [5.41, 5.74) is -2.40. The molecule has 6 rings (SSSR count). The smallest absolute Gasteiger partial charge is 0.408 e. The lowest BCUT2D eigenvalue weighted by molar-refractivity contribution is -0.142. The van der Waals surface area contributed by atoms with Crippen molar-refractivity contribution >= 4 is 44.6 Å². The van der Waals surface area contributed by atoms with E-state index < -0.39 is 80.2 Å². The first kappa shape index (κ1) is 40.2. The maximum absolute atomic E-state index is 14.9. The summed E-state index contributed by atoms with van der Waals surface area (Å²) in [6, 6.07) is 2.16. The number of sulfonamides is 1. The number of pyridine rings is 1. The van der Waals surface area contributed by atoms with Crippen LogP contribution in [-0.2, 0) is 29.1 Å². The summed E-state index contributed by atoms with van der Waals surface area (Å²) in [4.78, 5) is 62.1. The summed E-state index contributed by atoms with van der Waals surface area (Å²) in [6.45, 7) is 9.06. The van der Waals surface area contributed by atoms with Crippen molar-refractivity contribution in [3.63, 3.8) is 0 Å². The quantitative estimate of drug-likeness (QED) is 0.322. The summed E-state index contributed by atoms with van der Waals surface area (Å²) in [7, 11) is -2.57. The van der Waals surface area contributed by atoms with Crippen molar-refractivity contribution in [2.45, 2.75) is 121 Å². The third-order valence-corrected chi connectivity index (χ3v) is 12.7. The van der Waals surface area contributed by atoms with E-state index in [0.717, 1.165) is 6.42 Å². The Bertz CT molecular complexity index is 1970. The molecule has 300 valence electrons. The van der Waals surface area contributed by atoms with E-state index in [1.165, 1.54) is 30.3 Å². The first-order valence-corrected chi connectivity index (χ1v) is 20.6. The zero-order valence-corrected chi connectivity index (χ0v) is 33.0. The number of halogens is 1. The van der Waals surface area contributed by atoms with Crippen LogP contribution in [0, 0.1) is 23.6 Å². The molecule has 0 radical (unpaired) electrons. The van der Waals surface area contributed by atoms with Gasteiger partial charge in [0, 0.05) is 23.9 Å². The molecule has 1 aromatic heterocycles. The molecule has 1 aromatic carbocycles. The molecule has 3 heterocycles. The van der Waals surface area contributed by atoms with Crippen molar-refractivity contribution in [3.8, 4) is 11.6 Å². The highest BCUT2D eigenvalue weighted by atomic mass is 32.2. The van der Waals surface area contributed by atoms with Crippen LogP contribution >= 0.6 is 0 Å². The lowest BCUT2D eigenvalue weighted by Gasteiger charge is -2.34. The van der Waals surface area contributed by atoms with Crippen LogP contribution in [0.1, 0.15) is 86.0 Å². The van der Waals surface area contributed by atoms with E-state index in [1.807, 2.05) is 19.1 Å². The van der Waals surface area contributed by atoms with Gasteiger partial charge < -0.3 is 29.7 Å². The second-order valence-electron chi connectivity index (χ2n) is 16.4. The number of carbonyl (C=O) groups is 4. The monoisotopic (exact) mass is 785 g/mol. The molecule has 4 aliphatic rings. The number of carbonyl (C=O) groups excluding carboxylic acids is 4. The Morgan fingerprint density at radius 1 is 1.15 bits per heavy atom. The van der Waals surface area contributed by atoms with Crippen LogP contribution in [0.3, 0.4) is 0 Å². The van der Waals surface area contributed by atoms with E-state index in [0.29, 0.717) is 42.9 Å². The predicted molar refractivity (Wildman–Crippen MR) is 201 cm³/mol. The summed E-state index contributed by atoms with van der Waals surface area (Å²) in [5, 5.41) is 5.97. The Morgan fingerprint density at radius 3 is 2.56 bits per heavy atom. The van der Waals surface area contributed by atoms with Gasteiger partial charge in [-0.1, -0.05) is 32.4 Å². The molecule has 55 heavy (non-hydrogen) atoms. The number of nitrogens with one attached hydrogen (secondary N) is 3. The number of allylic oxidation sites excluding steroid dienone is 1. The zero-order chi connectivity index (χ0) is 39.9. The number of rotatable bonds is 8. The molecule has 7 atom stereocenters. The largest absolute Gasteiger partial charge is 0.494 e. The van der Waals surface area contributed by atoms with Crippen LogP contribution in [0.25, 0.3) is 10.8 Å². The zero-order valence-electron chi connectivity index (χ0n) is 32.2. The van der Waals surface area contributed by atoms with Gasteiger partial charge in [-0.15, -0.1) is 0 Å². The lowest BCUT2D eigenvalue weighted by Crippen LogP contribution is -2.59. The summed E-state index contributed by atoms with van der Waals surface area (Å²) < 4.78 is 59.9. The SMILES string of the molecule is CC[C@@H]1C[C@@H](C)CC/C=C\[C@@H]2C[C@@]2(C(=O)NS(=O)(=O)C2CC2)NC(=O)[C@@H]2C[C@@H](Oc3nccc4cc(OC)c(F)cc34)CN2C(=O)[C@H]1NC(=O)OC(C)(C)C. The van der Waals surface area contributed by atoms with Gasteiger partial charge in [-0.05, 0) is 94.7 Å². The molecule has 2 aliphatic carbocycles. The Labute approximate surface area is 321 Å². The van der Waals surface area contributed by atoms with Crippen molar-refractivity contribution in [1.82, 2.24) is 25.2 Å². The summed E-state index contributed by atoms with van der Waals surface area (Å²) in [5.74, 6) is -3.21. The second-order valence-corrected chi connectivity index (χ2v) is 18.4. The highest BCUT2D eigenvalue weighted by molar-refractivity contribution is 7.91. The van der Waals surface area contributed by atoms with Gasteiger partial charge in [-0.3, -0.25) is 19.1 Å². The van der Waals surface area contributed by atoms with Crippen molar-refractivity contribution in [2.24, 2.45) is 17.8 Å². The minimum atomic E-state index is -3.93. The van der Waals surface area contributed by atoms with Gasteiger partial charge in [0.25, 0.3) is 5.91 Å². The van der Waals surface area contributed by atoms with Gasteiger partial charge in [0.15, 0.2) is 11.6 Å². The van der Waals surface area contributed by atoms with Gasteiger partial charge in [0.2, 0.25) is 27.7 Å². The fourth-order valence-electron chi connectivity index (χ4n) is 7.71. The Morgan fingerprint density at radius 2 is 1.89 bits per heavy atom. The molecule has 0 bridgehead atoms. The van der Waals surface area contributed by atoms with Crippen LogP contribution in [0.4, 0.5) is 9.18 Å². The van der Waals surface area contributed by atoms with Crippen LogP contribution in [-0.4, -0.2) is 90.3 Å². The van der Waals surface area contributed by atoms with E-state index in [2.05, 4.69) is 27.3 Å². The number of nitrogens with zero attached hydrogens (tertiary/aromatic N) is 2. The second kappa shape index (κ2) is 15.6. The lowest BCUT2D eigenvalue weighted by atomic mass is 9.85. The number of fused-ring (bicyclic) bond motifs is 3. The topological polar surface area (TPSA) is 182 Å². The molecule has 2 aliphatic heterocycles. The predicted octanol–water partition coefficient (Wildman–Crippen LogP) is 4.51. The van der Waals surface area contributed by atoms with Crippen LogP contribution < -0.4 is 24.8 Å². The van der Waals surface area contributed by atoms with Crippen LogP contribution in [0.2, 0.25) is 0 Å². The van der Waals surface area contributed by atoms with Gasteiger partial charge in [0.1, 0.15) is 29.3 Å². The normalized spacial score (nSPS) is 29.5. The number of methoxy groups -OCH3 is 1. The fourth-order valence-corrected chi connectivity index (χ4v) is 9.07. The summed E-state index contributed by atoms with van der Waals surface area (Å²) in [6.07, 6.45) is 7.25. The molecule has 0 spiro atoms. The molecule has 16 heteroatoms. The number of alkyl carbamates (subject to hydrolysis) is 1. The fraction of sp³-hybridized carbons (Fsp3) is 0.615. The number of hydrogen-bond donors (Lipinski definition) is 3. The number of hydrogen-bond acceptors (Lipinski definition) is 10.